The number of amides is 2. The minimum Gasteiger partial charge on any atom is -0.481 e. The van der Waals surface area contributed by atoms with Gasteiger partial charge in [0, 0.05) is 26.1 Å². The summed E-state index contributed by atoms with van der Waals surface area (Å²) in [5, 5.41) is 9.19. The Morgan fingerprint density at radius 3 is 2.43 bits per heavy atom. The van der Waals surface area contributed by atoms with E-state index in [-0.39, 0.29) is 18.4 Å². The minimum atomic E-state index is -0.794. The lowest BCUT2D eigenvalue weighted by molar-refractivity contribution is -0.153. The van der Waals surface area contributed by atoms with Gasteiger partial charge in [0.25, 0.3) is 0 Å². The molecule has 0 radical (unpaired) electrons. The SMILES string of the molecule is CC1(C(=O)O)CCN(C(=O)CN2CCCCCC2=O)CC1. The molecule has 6 nitrogen and oxygen atoms in total. The van der Waals surface area contributed by atoms with Gasteiger partial charge in [-0.15, -0.1) is 0 Å². The first kappa shape index (κ1) is 15.8. The molecule has 2 aliphatic heterocycles. The van der Waals surface area contributed by atoms with E-state index < -0.39 is 11.4 Å². The summed E-state index contributed by atoms with van der Waals surface area (Å²) in [5.41, 5.74) is -0.727. The normalized spacial score (nSPS) is 22.8. The van der Waals surface area contributed by atoms with Crippen molar-refractivity contribution in [1.82, 2.24) is 9.80 Å². The molecule has 2 saturated heterocycles. The van der Waals surface area contributed by atoms with Gasteiger partial charge in [-0.3, -0.25) is 14.4 Å². The Hall–Kier alpha value is -1.59. The van der Waals surface area contributed by atoms with Gasteiger partial charge in [-0.2, -0.15) is 0 Å². The molecular weight excluding hydrogens is 272 g/mol. The highest BCUT2D eigenvalue weighted by atomic mass is 16.4. The van der Waals surface area contributed by atoms with Gasteiger partial charge in [0.15, 0.2) is 0 Å². The van der Waals surface area contributed by atoms with E-state index in [9.17, 15) is 19.5 Å². The maximum atomic E-state index is 12.3. The maximum Gasteiger partial charge on any atom is 0.309 e. The molecule has 2 fully saturated rings. The van der Waals surface area contributed by atoms with Gasteiger partial charge in [-0.1, -0.05) is 6.42 Å². The number of nitrogens with zero attached hydrogens (tertiary/aromatic N) is 2. The van der Waals surface area contributed by atoms with Gasteiger partial charge < -0.3 is 14.9 Å². The van der Waals surface area contributed by atoms with Gasteiger partial charge in [-0.25, -0.2) is 0 Å². The molecule has 2 heterocycles. The van der Waals surface area contributed by atoms with Crippen molar-refractivity contribution in [3.63, 3.8) is 0 Å². The third kappa shape index (κ3) is 3.74. The summed E-state index contributed by atoms with van der Waals surface area (Å²) in [7, 11) is 0. The van der Waals surface area contributed by atoms with E-state index >= 15 is 0 Å². The molecule has 1 N–H and O–H groups in total. The van der Waals surface area contributed by atoms with Crippen LogP contribution in [0.5, 0.6) is 0 Å². The Bertz CT molecular complexity index is 427. The van der Waals surface area contributed by atoms with Crippen LogP contribution in [0.25, 0.3) is 0 Å². The first-order valence-corrected chi connectivity index (χ1v) is 7.71. The third-order valence-corrected chi connectivity index (χ3v) is 4.73. The van der Waals surface area contributed by atoms with Crippen molar-refractivity contribution in [2.45, 2.75) is 45.4 Å². The van der Waals surface area contributed by atoms with E-state index in [0.29, 0.717) is 38.9 Å². The van der Waals surface area contributed by atoms with Crippen molar-refractivity contribution in [2.75, 3.05) is 26.2 Å². The van der Waals surface area contributed by atoms with Crippen LogP contribution in [0.4, 0.5) is 0 Å². The number of likely N-dealkylation sites (tertiary alicyclic amines) is 2. The van der Waals surface area contributed by atoms with Crippen molar-refractivity contribution in [3.05, 3.63) is 0 Å². The van der Waals surface area contributed by atoms with E-state index in [1.165, 1.54) is 0 Å². The fourth-order valence-corrected chi connectivity index (χ4v) is 2.93. The van der Waals surface area contributed by atoms with Gasteiger partial charge in [0.05, 0.1) is 12.0 Å². The van der Waals surface area contributed by atoms with Crippen molar-refractivity contribution in [1.29, 1.82) is 0 Å². The summed E-state index contributed by atoms with van der Waals surface area (Å²) in [4.78, 5) is 38.7. The molecule has 21 heavy (non-hydrogen) atoms. The average molecular weight is 296 g/mol. The summed E-state index contributed by atoms with van der Waals surface area (Å²) in [6.45, 7) is 3.46. The van der Waals surface area contributed by atoms with E-state index in [4.69, 9.17) is 0 Å². The van der Waals surface area contributed by atoms with Crippen LogP contribution >= 0.6 is 0 Å². The highest BCUT2D eigenvalue weighted by molar-refractivity contribution is 5.85. The molecular formula is C15H24N2O4. The molecule has 0 aliphatic carbocycles. The lowest BCUT2D eigenvalue weighted by atomic mass is 9.80. The zero-order valence-corrected chi connectivity index (χ0v) is 12.6. The van der Waals surface area contributed by atoms with E-state index in [1.807, 2.05) is 0 Å². The van der Waals surface area contributed by atoms with Gasteiger partial charge in [0.2, 0.25) is 11.8 Å². The largest absolute Gasteiger partial charge is 0.481 e. The summed E-state index contributed by atoms with van der Waals surface area (Å²) < 4.78 is 0. The molecule has 0 unspecified atom stereocenters. The summed E-state index contributed by atoms with van der Waals surface area (Å²) in [6.07, 6.45) is 4.38. The van der Waals surface area contributed by atoms with Crippen LogP contribution in [-0.2, 0) is 14.4 Å². The van der Waals surface area contributed by atoms with Crippen LogP contribution in [0.2, 0.25) is 0 Å². The molecule has 0 atom stereocenters. The van der Waals surface area contributed by atoms with Crippen LogP contribution in [0, 0.1) is 5.41 Å². The molecule has 0 spiro atoms. The molecule has 0 bridgehead atoms. The second-order valence-electron chi connectivity index (χ2n) is 6.37. The van der Waals surface area contributed by atoms with E-state index in [2.05, 4.69) is 0 Å². The number of piperidine rings is 1. The lowest BCUT2D eigenvalue weighted by Gasteiger charge is -2.37. The average Bonchev–Trinajstić information content (AvgIpc) is 2.65. The van der Waals surface area contributed by atoms with Crippen LogP contribution in [0.1, 0.15) is 45.4 Å². The topological polar surface area (TPSA) is 77.9 Å². The molecule has 0 aromatic rings. The number of carbonyl (C=O) groups excluding carboxylic acids is 2. The lowest BCUT2D eigenvalue weighted by Crippen LogP contribution is -2.49. The van der Waals surface area contributed by atoms with Crippen molar-refractivity contribution in [3.8, 4) is 0 Å². The molecule has 118 valence electrons. The van der Waals surface area contributed by atoms with Crippen molar-refractivity contribution >= 4 is 17.8 Å². The van der Waals surface area contributed by atoms with Gasteiger partial charge in [0.1, 0.15) is 0 Å². The Labute approximate surface area is 125 Å². The highest BCUT2D eigenvalue weighted by Gasteiger charge is 2.38. The second-order valence-corrected chi connectivity index (χ2v) is 6.37. The fourth-order valence-electron chi connectivity index (χ4n) is 2.93. The first-order valence-electron chi connectivity index (χ1n) is 7.71. The maximum absolute atomic E-state index is 12.3. The van der Waals surface area contributed by atoms with E-state index in [0.717, 1.165) is 19.3 Å². The molecule has 2 rings (SSSR count). The van der Waals surface area contributed by atoms with Gasteiger partial charge >= 0.3 is 5.97 Å². The highest BCUT2D eigenvalue weighted by Crippen LogP contribution is 2.31. The Balaban J connectivity index is 1.87. The minimum absolute atomic E-state index is 0.0577. The number of rotatable bonds is 3. The smallest absolute Gasteiger partial charge is 0.309 e. The van der Waals surface area contributed by atoms with E-state index in [1.54, 1.807) is 16.7 Å². The molecule has 2 amide bonds. The van der Waals surface area contributed by atoms with Crippen molar-refractivity contribution < 1.29 is 19.5 Å². The molecule has 6 heteroatoms. The third-order valence-electron chi connectivity index (χ3n) is 4.73. The Kier molecular flexibility index (Phi) is 4.85. The Morgan fingerprint density at radius 2 is 1.81 bits per heavy atom. The van der Waals surface area contributed by atoms with Crippen LogP contribution in [0.3, 0.4) is 0 Å². The van der Waals surface area contributed by atoms with Crippen LogP contribution in [0.15, 0.2) is 0 Å². The number of carboxylic acid groups (broad SMARTS) is 1. The second kappa shape index (κ2) is 6.45. The molecule has 0 saturated carbocycles. The van der Waals surface area contributed by atoms with Gasteiger partial charge in [-0.05, 0) is 32.6 Å². The first-order chi connectivity index (χ1) is 9.92. The number of hydrogen-bond acceptors (Lipinski definition) is 3. The molecule has 2 aliphatic rings. The molecule has 0 aromatic carbocycles. The quantitative estimate of drug-likeness (QED) is 0.846. The standard InChI is InChI=1S/C15H24N2O4/c1-15(14(20)21)6-9-16(10-7-15)13(19)11-17-8-4-2-3-5-12(17)18/h2-11H2,1H3,(H,20,21). The number of hydrogen-bond donors (Lipinski definition) is 1. The number of carboxylic acids is 1. The van der Waals surface area contributed by atoms with Crippen LogP contribution in [-0.4, -0.2) is 58.9 Å². The molecule has 0 aromatic heterocycles. The monoisotopic (exact) mass is 296 g/mol. The number of aliphatic carboxylic acids is 1. The van der Waals surface area contributed by atoms with Crippen LogP contribution < -0.4 is 0 Å². The number of carbonyl (C=O) groups is 3. The summed E-state index contributed by atoms with van der Waals surface area (Å²) in [6, 6.07) is 0. The Morgan fingerprint density at radius 1 is 1.14 bits per heavy atom. The van der Waals surface area contributed by atoms with Crippen molar-refractivity contribution in [2.24, 2.45) is 5.41 Å². The fraction of sp³-hybridized carbons (Fsp3) is 0.800. The summed E-state index contributed by atoms with van der Waals surface area (Å²) >= 11 is 0. The zero-order chi connectivity index (χ0) is 15.5. The predicted octanol–water partition coefficient (Wildman–Crippen LogP) is 1.10. The predicted molar refractivity (Wildman–Crippen MR) is 76.6 cm³/mol. The summed E-state index contributed by atoms with van der Waals surface area (Å²) in [5.74, 6) is -0.789. The zero-order valence-electron chi connectivity index (χ0n) is 12.6.